The van der Waals surface area contributed by atoms with Crippen LogP contribution in [0.4, 0.5) is 17.3 Å². The van der Waals surface area contributed by atoms with Crippen molar-refractivity contribution in [2.75, 3.05) is 28.2 Å². The third-order valence-corrected chi connectivity index (χ3v) is 7.83. The monoisotopic (exact) mass is 522 g/mol. The van der Waals surface area contributed by atoms with Crippen LogP contribution in [0, 0.1) is 5.92 Å². The first-order valence-corrected chi connectivity index (χ1v) is 14.1. The largest absolute Gasteiger partial charge is 0.850 e. The Labute approximate surface area is 229 Å². The van der Waals surface area contributed by atoms with Crippen LogP contribution in [0.25, 0.3) is 21.9 Å². The van der Waals surface area contributed by atoms with Gasteiger partial charge in [-0.15, -0.1) is 12.2 Å². The van der Waals surface area contributed by atoms with E-state index in [9.17, 15) is 10.2 Å². The van der Waals surface area contributed by atoms with Crippen LogP contribution in [0.5, 0.6) is 0 Å². The standard InChI is InChI=1S/C31H34N6O2/c1-3-5-17-36-25(37(18-6-4-2)31-30(36)34-22-13-7-8-14-23(22)35-31)19-21-28(38)27(29(21)39)33-24-15-9-11-20-12-10-16-32-26(20)24/h7-16,19,21,27-29,33H,3-6,17-18H2,1-2H3/q-2. The van der Waals surface area contributed by atoms with Crippen molar-refractivity contribution in [1.82, 2.24) is 15.0 Å². The minimum absolute atomic E-state index is 0.641. The predicted molar refractivity (Wildman–Crippen MR) is 152 cm³/mol. The summed E-state index contributed by atoms with van der Waals surface area (Å²) in [5, 5.41) is 31.2. The lowest BCUT2D eigenvalue weighted by Crippen LogP contribution is -2.72. The number of para-hydroxylation sites is 3. The number of fused-ring (bicyclic) bond motifs is 3. The first-order valence-electron chi connectivity index (χ1n) is 14.1. The Kier molecular flexibility index (Phi) is 7.06. The molecule has 1 N–H and O–H groups in total. The van der Waals surface area contributed by atoms with Gasteiger partial charge >= 0.3 is 0 Å². The van der Waals surface area contributed by atoms with Gasteiger partial charge in [0.25, 0.3) is 0 Å². The maximum absolute atomic E-state index is 13.5. The molecule has 2 atom stereocenters. The molecule has 8 nitrogen and oxygen atoms in total. The third-order valence-electron chi connectivity index (χ3n) is 7.83. The molecule has 0 radical (unpaired) electrons. The first kappa shape index (κ1) is 25.5. The van der Waals surface area contributed by atoms with Crippen LogP contribution in [-0.4, -0.2) is 46.3 Å². The van der Waals surface area contributed by atoms with E-state index in [4.69, 9.17) is 9.97 Å². The minimum atomic E-state index is -1.07. The van der Waals surface area contributed by atoms with Crippen molar-refractivity contribution in [3.05, 3.63) is 72.7 Å². The number of aromatic nitrogens is 3. The molecule has 2 unspecified atom stereocenters. The highest BCUT2D eigenvalue weighted by Gasteiger charge is 2.40. The summed E-state index contributed by atoms with van der Waals surface area (Å²) in [6.45, 7) is 5.84. The van der Waals surface area contributed by atoms with Gasteiger partial charge in [-0.2, -0.15) is 0 Å². The molecule has 1 fully saturated rings. The molecule has 2 aromatic heterocycles. The van der Waals surface area contributed by atoms with Crippen LogP contribution in [-0.2, 0) is 0 Å². The Bertz CT molecular complexity index is 1440. The first-order chi connectivity index (χ1) is 19.1. The number of unbranched alkanes of at least 4 members (excludes halogenated alkanes) is 2. The second-order valence-electron chi connectivity index (χ2n) is 10.5. The van der Waals surface area contributed by atoms with Gasteiger partial charge in [-0.05, 0) is 49.1 Å². The average Bonchev–Trinajstić information content (AvgIpc) is 3.25. The molecule has 39 heavy (non-hydrogen) atoms. The van der Waals surface area contributed by atoms with Crippen LogP contribution in [0.3, 0.4) is 0 Å². The maximum Gasteiger partial charge on any atom is 0.178 e. The summed E-state index contributed by atoms with van der Waals surface area (Å²) in [6.07, 6.45) is 5.50. The number of benzene rings is 2. The molecule has 1 saturated carbocycles. The van der Waals surface area contributed by atoms with Crippen LogP contribution in [0.15, 0.2) is 72.7 Å². The Hall–Kier alpha value is -3.75. The van der Waals surface area contributed by atoms with Gasteiger partial charge in [-0.25, -0.2) is 9.97 Å². The van der Waals surface area contributed by atoms with E-state index in [1.54, 1.807) is 6.20 Å². The molecule has 0 bridgehead atoms. The van der Waals surface area contributed by atoms with Gasteiger partial charge in [0.15, 0.2) is 11.6 Å². The molecule has 0 spiro atoms. The zero-order valence-corrected chi connectivity index (χ0v) is 22.5. The van der Waals surface area contributed by atoms with E-state index in [1.165, 1.54) is 0 Å². The van der Waals surface area contributed by atoms with Crippen molar-refractivity contribution >= 4 is 39.3 Å². The van der Waals surface area contributed by atoms with E-state index >= 15 is 0 Å². The Morgan fingerprint density at radius 1 is 0.821 bits per heavy atom. The normalized spacial score (nSPS) is 22.3. The fourth-order valence-electron chi connectivity index (χ4n) is 5.59. The molecule has 1 aliphatic carbocycles. The molecule has 3 heterocycles. The fourth-order valence-corrected chi connectivity index (χ4v) is 5.59. The second-order valence-corrected chi connectivity index (χ2v) is 10.5. The van der Waals surface area contributed by atoms with Crippen molar-refractivity contribution in [3.8, 4) is 0 Å². The minimum Gasteiger partial charge on any atom is -0.850 e. The number of pyridine rings is 1. The second kappa shape index (κ2) is 10.8. The van der Waals surface area contributed by atoms with Gasteiger partial charge in [0, 0.05) is 30.7 Å². The van der Waals surface area contributed by atoms with Gasteiger partial charge < -0.3 is 25.3 Å². The van der Waals surface area contributed by atoms with Crippen molar-refractivity contribution in [1.29, 1.82) is 0 Å². The lowest BCUT2D eigenvalue weighted by Gasteiger charge is -2.60. The molecule has 4 aromatic rings. The third kappa shape index (κ3) is 4.57. The van der Waals surface area contributed by atoms with Gasteiger partial charge in [-0.3, -0.25) is 4.98 Å². The highest BCUT2D eigenvalue weighted by atomic mass is 16.3. The summed E-state index contributed by atoms with van der Waals surface area (Å²) in [7, 11) is 0. The van der Waals surface area contributed by atoms with Crippen LogP contribution < -0.4 is 25.3 Å². The summed E-state index contributed by atoms with van der Waals surface area (Å²) in [6, 6.07) is 16.8. The molecule has 0 saturated heterocycles. The Balaban J connectivity index is 1.33. The van der Waals surface area contributed by atoms with Crippen LogP contribution >= 0.6 is 0 Å². The number of nitrogens with one attached hydrogen (secondary N) is 1. The van der Waals surface area contributed by atoms with E-state index in [-0.39, 0.29) is 0 Å². The van der Waals surface area contributed by atoms with Crippen molar-refractivity contribution in [2.45, 2.75) is 57.8 Å². The van der Waals surface area contributed by atoms with Crippen molar-refractivity contribution in [3.63, 3.8) is 0 Å². The number of hydrogen-bond donors (Lipinski definition) is 1. The molecular weight excluding hydrogens is 488 g/mol. The summed E-state index contributed by atoms with van der Waals surface area (Å²) in [5.74, 6) is 1.85. The van der Waals surface area contributed by atoms with Gasteiger partial charge in [0.05, 0.1) is 22.2 Å². The van der Waals surface area contributed by atoms with Crippen LogP contribution in [0.1, 0.15) is 39.5 Å². The Morgan fingerprint density at radius 3 is 2.05 bits per heavy atom. The average molecular weight is 523 g/mol. The van der Waals surface area contributed by atoms with E-state index in [2.05, 4.69) is 33.9 Å². The predicted octanol–water partition coefficient (Wildman–Crippen LogP) is 3.81. The lowest BCUT2D eigenvalue weighted by molar-refractivity contribution is -0.537. The molecule has 8 heteroatoms. The molecule has 1 aliphatic heterocycles. The van der Waals surface area contributed by atoms with Gasteiger partial charge in [0.2, 0.25) is 0 Å². The number of rotatable bonds is 9. The van der Waals surface area contributed by atoms with Gasteiger partial charge in [0.1, 0.15) is 5.82 Å². The summed E-state index contributed by atoms with van der Waals surface area (Å²) < 4.78 is 0. The smallest absolute Gasteiger partial charge is 0.178 e. The molecule has 2 aliphatic rings. The highest BCUT2D eigenvalue weighted by Crippen LogP contribution is 2.42. The van der Waals surface area contributed by atoms with E-state index < -0.39 is 24.2 Å². The Morgan fingerprint density at radius 2 is 1.44 bits per heavy atom. The van der Waals surface area contributed by atoms with Crippen molar-refractivity contribution in [2.24, 2.45) is 5.92 Å². The highest BCUT2D eigenvalue weighted by molar-refractivity contribution is 5.90. The number of anilines is 3. The topological polar surface area (TPSA) is 103 Å². The zero-order valence-electron chi connectivity index (χ0n) is 22.5. The molecule has 2 aromatic carbocycles. The molecule has 0 amide bonds. The zero-order chi connectivity index (χ0) is 26.9. The van der Waals surface area contributed by atoms with Gasteiger partial charge in [-0.1, -0.05) is 57.0 Å². The lowest BCUT2D eigenvalue weighted by atomic mass is 9.73. The van der Waals surface area contributed by atoms with E-state index in [0.717, 1.165) is 83.9 Å². The van der Waals surface area contributed by atoms with Crippen molar-refractivity contribution < 1.29 is 10.2 Å². The molecular formula is C31H34N6O2-2. The number of nitrogens with zero attached hydrogens (tertiary/aromatic N) is 5. The fraction of sp³-hybridized carbons (Fsp3) is 0.387. The molecule has 6 rings (SSSR count). The summed E-state index contributed by atoms with van der Waals surface area (Å²) >= 11 is 0. The maximum atomic E-state index is 13.5. The number of hydrogen-bond acceptors (Lipinski definition) is 8. The van der Waals surface area contributed by atoms with E-state index in [1.807, 2.05) is 60.7 Å². The SMILES string of the molecule is CCCCN1C(=CC2C([O-])C(Nc3cccc4cccnc34)C2[O-])N(CCCC)c2nc3ccccc3nc21. The molecule has 202 valence electrons. The summed E-state index contributed by atoms with van der Waals surface area (Å²) in [5.41, 5.74) is 3.19. The van der Waals surface area contributed by atoms with Crippen LogP contribution in [0.2, 0.25) is 0 Å². The summed E-state index contributed by atoms with van der Waals surface area (Å²) in [4.78, 5) is 18.8. The quantitative estimate of drug-likeness (QED) is 0.354. The van der Waals surface area contributed by atoms with E-state index in [0.29, 0.717) is 0 Å².